The predicted molar refractivity (Wildman–Crippen MR) is 62.2 cm³/mol. The number of aromatic nitrogens is 1. The average Bonchev–Trinajstić information content (AvgIpc) is 2.24. The van der Waals surface area contributed by atoms with Gasteiger partial charge >= 0.3 is 0 Å². The van der Waals surface area contributed by atoms with Gasteiger partial charge in [-0.25, -0.2) is 13.1 Å². The Kier molecular flexibility index (Phi) is 4.41. The van der Waals surface area contributed by atoms with Gasteiger partial charge in [0.15, 0.2) is 0 Å². The molecule has 0 aliphatic carbocycles. The number of pyridine rings is 1. The first kappa shape index (κ1) is 13.4. The molecule has 0 spiro atoms. The molecule has 0 saturated heterocycles. The highest BCUT2D eigenvalue weighted by molar-refractivity contribution is 7.88. The fraction of sp³-hybridized carbons (Fsp3) is 0.333. The number of rotatable bonds is 5. The molecule has 0 fully saturated rings. The van der Waals surface area contributed by atoms with E-state index in [0.717, 1.165) is 6.26 Å². The van der Waals surface area contributed by atoms with E-state index in [2.05, 4.69) is 15.0 Å². The topological polar surface area (TPSA) is 108 Å². The molecule has 0 aliphatic rings. The zero-order chi connectivity index (χ0) is 12.9. The van der Waals surface area contributed by atoms with Crippen LogP contribution in [0.15, 0.2) is 23.1 Å². The number of amides is 1. The Labute approximate surface area is 98.3 Å². The number of carbonyl (C=O) groups is 1. The van der Waals surface area contributed by atoms with Gasteiger partial charge in [-0.3, -0.25) is 9.59 Å². The third kappa shape index (κ3) is 5.27. The van der Waals surface area contributed by atoms with Crippen LogP contribution >= 0.6 is 0 Å². The Balaban J connectivity index is 2.40. The maximum absolute atomic E-state index is 11.5. The second kappa shape index (κ2) is 5.60. The highest BCUT2D eigenvalue weighted by Crippen LogP contribution is 1.91. The van der Waals surface area contributed by atoms with Crippen LogP contribution in [0.5, 0.6) is 0 Å². The number of carbonyl (C=O) groups excluding carboxylic acids is 1. The first-order valence-corrected chi connectivity index (χ1v) is 6.69. The van der Waals surface area contributed by atoms with Crippen molar-refractivity contribution in [1.82, 2.24) is 15.0 Å². The van der Waals surface area contributed by atoms with Crippen molar-refractivity contribution in [2.24, 2.45) is 0 Å². The summed E-state index contributed by atoms with van der Waals surface area (Å²) in [5, 5.41) is 2.50. The average molecular weight is 259 g/mol. The highest BCUT2D eigenvalue weighted by Gasteiger charge is 2.05. The Bertz CT molecular complexity index is 529. The molecule has 0 atom stereocenters. The van der Waals surface area contributed by atoms with E-state index in [1.807, 2.05) is 0 Å². The Morgan fingerprint density at radius 3 is 2.59 bits per heavy atom. The number of nitrogens with one attached hydrogen (secondary N) is 3. The van der Waals surface area contributed by atoms with Crippen LogP contribution in [0.3, 0.4) is 0 Å². The zero-order valence-electron chi connectivity index (χ0n) is 9.19. The van der Waals surface area contributed by atoms with Gasteiger partial charge in [0.05, 0.1) is 11.8 Å². The van der Waals surface area contributed by atoms with Crippen LogP contribution in [0.1, 0.15) is 10.4 Å². The molecule has 0 radical (unpaired) electrons. The van der Waals surface area contributed by atoms with Gasteiger partial charge in [-0.2, -0.15) is 0 Å². The lowest BCUT2D eigenvalue weighted by atomic mass is 10.3. The van der Waals surface area contributed by atoms with Crippen molar-refractivity contribution in [3.8, 4) is 0 Å². The van der Waals surface area contributed by atoms with Gasteiger partial charge < -0.3 is 10.3 Å². The zero-order valence-corrected chi connectivity index (χ0v) is 10.0. The summed E-state index contributed by atoms with van der Waals surface area (Å²) in [6.07, 6.45) is 2.33. The smallest absolute Gasteiger partial charge is 0.252 e. The van der Waals surface area contributed by atoms with Crippen molar-refractivity contribution < 1.29 is 13.2 Å². The molecule has 17 heavy (non-hydrogen) atoms. The summed E-state index contributed by atoms with van der Waals surface area (Å²) in [5.41, 5.74) is 0.0178. The number of aromatic amines is 1. The molecule has 1 rings (SSSR count). The van der Waals surface area contributed by atoms with Crippen LogP contribution in [-0.2, 0) is 10.0 Å². The SMILES string of the molecule is CS(=O)(=O)NCCNC(=O)c1ccc(=O)[nH]c1. The predicted octanol–water partition coefficient (Wildman–Crippen LogP) is -1.35. The second-order valence-corrected chi connectivity index (χ2v) is 5.20. The van der Waals surface area contributed by atoms with Gasteiger partial charge in [0.1, 0.15) is 0 Å². The van der Waals surface area contributed by atoms with E-state index in [1.54, 1.807) is 0 Å². The number of hydrogen-bond acceptors (Lipinski definition) is 4. The normalized spacial score (nSPS) is 11.1. The summed E-state index contributed by atoms with van der Waals surface area (Å²) in [6, 6.07) is 2.63. The molecule has 1 aromatic rings. The van der Waals surface area contributed by atoms with Crippen LogP contribution in [-0.4, -0.2) is 38.7 Å². The van der Waals surface area contributed by atoms with Crippen LogP contribution in [0.4, 0.5) is 0 Å². The van der Waals surface area contributed by atoms with E-state index in [4.69, 9.17) is 0 Å². The Morgan fingerprint density at radius 1 is 1.35 bits per heavy atom. The molecule has 0 aliphatic heterocycles. The van der Waals surface area contributed by atoms with Crippen molar-refractivity contribution >= 4 is 15.9 Å². The van der Waals surface area contributed by atoms with E-state index < -0.39 is 10.0 Å². The Morgan fingerprint density at radius 2 is 2.06 bits per heavy atom. The third-order valence-electron chi connectivity index (χ3n) is 1.82. The van der Waals surface area contributed by atoms with Crippen LogP contribution in [0.25, 0.3) is 0 Å². The number of H-pyrrole nitrogens is 1. The monoisotopic (exact) mass is 259 g/mol. The highest BCUT2D eigenvalue weighted by atomic mass is 32.2. The molecule has 1 amide bonds. The number of sulfonamides is 1. The van der Waals surface area contributed by atoms with Crippen molar-refractivity contribution in [2.45, 2.75) is 0 Å². The summed E-state index contributed by atoms with van der Waals surface area (Å²) >= 11 is 0. The molecule has 0 aromatic carbocycles. The standard InChI is InChI=1S/C9H13N3O4S/c1-17(15,16)12-5-4-10-9(14)7-2-3-8(13)11-6-7/h2-3,6,12H,4-5H2,1H3,(H,10,14)(H,11,13). The van der Waals surface area contributed by atoms with E-state index in [-0.39, 0.29) is 24.6 Å². The lowest BCUT2D eigenvalue weighted by Gasteiger charge is -2.05. The minimum absolute atomic E-state index is 0.119. The van der Waals surface area contributed by atoms with Gasteiger partial charge in [-0.1, -0.05) is 0 Å². The maximum atomic E-state index is 11.5. The Hall–Kier alpha value is -1.67. The molecule has 3 N–H and O–H groups in total. The van der Waals surface area contributed by atoms with Gasteiger partial charge in [0.2, 0.25) is 15.6 Å². The van der Waals surface area contributed by atoms with Crippen molar-refractivity contribution in [3.05, 3.63) is 34.2 Å². The van der Waals surface area contributed by atoms with Gasteiger partial charge in [0, 0.05) is 25.4 Å². The molecule has 8 heteroatoms. The summed E-state index contributed by atoms with van der Waals surface area (Å²) in [5.74, 6) is -0.378. The fourth-order valence-corrected chi connectivity index (χ4v) is 1.54. The van der Waals surface area contributed by atoms with E-state index in [9.17, 15) is 18.0 Å². The second-order valence-electron chi connectivity index (χ2n) is 3.36. The van der Waals surface area contributed by atoms with Crippen molar-refractivity contribution in [1.29, 1.82) is 0 Å². The molecule has 1 heterocycles. The van der Waals surface area contributed by atoms with E-state index in [1.165, 1.54) is 18.3 Å². The summed E-state index contributed by atoms with van der Waals surface area (Å²) < 4.78 is 23.7. The molecule has 0 saturated carbocycles. The lowest BCUT2D eigenvalue weighted by Crippen LogP contribution is -2.34. The third-order valence-corrected chi connectivity index (χ3v) is 2.55. The quantitative estimate of drug-likeness (QED) is 0.568. The largest absolute Gasteiger partial charge is 0.351 e. The van der Waals surface area contributed by atoms with Crippen molar-refractivity contribution in [3.63, 3.8) is 0 Å². The molecule has 7 nitrogen and oxygen atoms in total. The minimum Gasteiger partial charge on any atom is -0.351 e. The van der Waals surface area contributed by atoms with E-state index in [0.29, 0.717) is 5.56 Å². The van der Waals surface area contributed by atoms with Crippen LogP contribution in [0, 0.1) is 0 Å². The molecule has 0 bridgehead atoms. The molecular weight excluding hydrogens is 246 g/mol. The molecular formula is C9H13N3O4S. The van der Waals surface area contributed by atoms with Gasteiger partial charge in [-0.15, -0.1) is 0 Å². The van der Waals surface area contributed by atoms with Crippen molar-refractivity contribution in [2.75, 3.05) is 19.3 Å². The molecule has 0 unspecified atom stereocenters. The summed E-state index contributed by atoms with van der Waals surface area (Å²) in [4.78, 5) is 24.6. The lowest BCUT2D eigenvalue weighted by molar-refractivity contribution is 0.0954. The summed E-state index contributed by atoms with van der Waals surface area (Å²) in [7, 11) is -3.24. The number of hydrogen-bond donors (Lipinski definition) is 3. The maximum Gasteiger partial charge on any atom is 0.252 e. The molecule has 94 valence electrons. The van der Waals surface area contributed by atoms with Crippen LogP contribution < -0.4 is 15.6 Å². The first-order valence-electron chi connectivity index (χ1n) is 4.80. The van der Waals surface area contributed by atoms with Crippen LogP contribution in [0.2, 0.25) is 0 Å². The minimum atomic E-state index is -3.24. The van der Waals surface area contributed by atoms with Gasteiger partial charge in [0.25, 0.3) is 5.91 Å². The molecule has 1 aromatic heterocycles. The first-order chi connectivity index (χ1) is 7.88. The van der Waals surface area contributed by atoms with Gasteiger partial charge in [-0.05, 0) is 6.07 Å². The summed E-state index contributed by atoms with van der Waals surface area (Å²) in [6.45, 7) is 0.291. The fourth-order valence-electron chi connectivity index (χ4n) is 1.07. The van der Waals surface area contributed by atoms with E-state index >= 15 is 0 Å².